The zero-order valence-electron chi connectivity index (χ0n) is 8.74. The van der Waals surface area contributed by atoms with Gasteiger partial charge in [-0.15, -0.1) is 0 Å². The molecule has 0 aromatic carbocycles. The average Bonchev–Trinajstić information content (AvgIpc) is 2.32. The molecule has 76 valence electrons. The predicted molar refractivity (Wildman–Crippen MR) is 56.4 cm³/mol. The Morgan fingerprint density at radius 1 is 1.38 bits per heavy atom. The highest BCUT2D eigenvalue weighted by molar-refractivity contribution is 6.19. The minimum absolute atomic E-state index is 0.224. The van der Waals surface area contributed by atoms with Crippen LogP contribution in [0.1, 0.15) is 34.1 Å². The maximum absolute atomic E-state index is 6.00. The molecule has 1 aliphatic rings. The molecule has 3 nitrogen and oxygen atoms in total. The third kappa shape index (κ3) is 2.50. The fraction of sp³-hybridized carbons (Fsp3) is 0.889. The van der Waals surface area contributed by atoms with Crippen molar-refractivity contribution in [3.05, 3.63) is 0 Å². The Labute approximate surface area is 85.5 Å². The molecule has 13 heavy (non-hydrogen) atoms. The standard InChI is InChI=1S/C9H18ClN3/c1-7(2)5-9-12(10)6-11-13(9)8(3)4/h6-9H,5H2,1-4H3. The van der Waals surface area contributed by atoms with Gasteiger partial charge in [0.05, 0.1) is 0 Å². The van der Waals surface area contributed by atoms with Crippen LogP contribution < -0.4 is 0 Å². The molecule has 0 radical (unpaired) electrons. The maximum Gasteiger partial charge on any atom is 0.135 e. The number of hydrazone groups is 1. The zero-order valence-corrected chi connectivity index (χ0v) is 9.49. The van der Waals surface area contributed by atoms with Gasteiger partial charge in [0.1, 0.15) is 12.5 Å². The number of hydrogen-bond donors (Lipinski definition) is 0. The largest absolute Gasteiger partial charge is 0.269 e. The molecule has 0 fully saturated rings. The van der Waals surface area contributed by atoms with E-state index in [4.69, 9.17) is 11.8 Å². The van der Waals surface area contributed by atoms with Crippen LogP contribution in [0, 0.1) is 5.92 Å². The van der Waals surface area contributed by atoms with Crippen molar-refractivity contribution in [1.29, 1.82) is 0 Å². The van der Waals surface area contributed by atoms with E-state index >= 15 is 0 Å². The van der Waals surface area contributed by atoms with Crippen molar-refractivity contribution in [2.75, 3.05) is 0 Å². The van der Waals surface area contributed by atoms with Crippen LogP contribution in [0.3, 0.4) is 0 Å². The van der Waals surface area contributed by atoms with E-state index in [9.17, 15) is 0 Å². The molecule has 1 unspecified atom stereocenters. The van der Waals surface area contributed by atoms with Crippen LogP contribution in [0.4, 0.5) is 0 Å². The molecule has 4 heteroatoms. The molecule has 0 saturated heterocycles. The van der Waals surface area contributed by atoms with E-state index in [0.29, 0.717) is 12.0 Å². The second kappa shape index (κ2) is 4.18. The highest BCUT2D eigenvalue weighted by Crippen LogP contribution is 2.23. The Hall–Kier alpha value is -0.440. The Bertz CT molecular complexity index is 191. The summed E-state index contributed by atoms with van der Waals surface area (Å²) in [7, 11) is 0. The summed E-state index contributed by atoms with van der Waals surface area (Å²) in [6.45, 7) is 8.64. The van der Waals surface area contributed by atoms with Gasteiger partial charge in [-0.1, -0.05) is 13.8 Å². The Morgan fingerprint density at radius 3 is 2.46 bits per heavy atom. The van der Waals surface area contributed by atoms with Gasteiger partial charge in [-0.2, -0.15) is 5.10 Å². The van der Waals surface area contributed by atoms with Crippen LogP contribution in [0.25, 0.3) is 0 Å². The summed E-state index contributed by atoms with van der Waals surface area (Å²) in [6, 6.07) is 0.406. The number of nitrogens with zero attached hydrogens (tertiary/aromatic N) is 3. The summed E-state index contributed by atoms with van der Waals surface area (Å²) in [5.41, 5.74) is 0. The van der Waals surface area contributed by atoms with Crippen molar-refractivity contribution in [2.24, 2.45) is 11.0 Å². The molecule has 1 heterocycles. The summed E-state index contributed by atoms with van der Waals surface area (Å²) >= 11 is 6.00. The highest BCUT2D eigenvalue weighted by atomic mass is 35.5. The maximum atomic E-state index is 6.00. The Kier molecular flexibility index (Phi) is 3.42. The van der Waals surface area contributed by atoms with Gasteiger partial charge >= 0.3 is 0 Å². The molecule has 0 saturated carbocycles. The third-order valence-electron chi connectivity index (χ3n) is 2.10. The molecule has 0 bridgehead atoms. The van der Waals surface area contributed by atoms with Gasteiger partial charge in [-0.25, -0.2) is 4.42 Å². The first kappa shape index (κ1) is 10.6. The van der Waals surface area contributed by atoms with Crippen molar-refractivity contribution < 1.29 is 0 Å². The van der Waals surface area contributed by atoms with E-state index < -0.39 is 0 Å². The molecule has 0 amide bonds. The number of halogens is 1. The van der Waals surface area contributed by atoms with Crippen LogP contribution in [0.15, 0.2) is 5.10 Å². The first-order valence-corrected chi connectivity index (χ1v) is 5.12. The van der Waals surface area contributed by atoms with Crippen LogP contribution in [0.5, 0.6) is 0 Å². The van der Waals surface area contributed by atoms with Crippen LogP contribution >= 0.6 is 11.8 Å². The molecular formula is C9H18ClN3. The van der Waals surface area contributed by atoms with E-state index in [1.54, 1.807) is 10.8 Å². The molecular weight excluding hydrogens is 186 g/mol. The van der Waals surface area contributed by atoms with E-state index in [0.717, 1.165) is 6.42 Å². The summed E-state index contributed by atoms with van der Waals surface area (Å²) in [4.78, 5) is 0. The van der Waals surface area contributed by atoms with Gasteiger partial charge < -0.3 is 0 Å². The molecule has 0 aromatic heterocycles. The number of rotatable bonds is 3. The summed E-state index contributed by atoms with van der Waals surface area (Å²) in [5.74, 6) is 0.634. The van der Waals surface area contributed by atoms with Gasteiger partial charge in [0, 0.05) is 17.8 Å². The normalized spacial score (nSPS) is 22.5. The second-order valence-corrected chi connectivity index (χ2v) is 4.55. The first-order chi connectivity index (χ1) is 6.02. The van der Waals surface area contributed by atoms with Crippen molar-refractivity contribution in [1.82, 2.24) is 9.43 Å². The van der Waals surface area contributed by atoms with Gasteiger partial charge in [0.25, 0.3) is 0 Å². The molecule has 0 aromatic rings. The van der Waals surface area contributed by atoms with Gasteiger partial charge in [0.2, 0.25) is 0 Å². The lowest BCUT2D eigenvalue weighted by Gasteiger charge is -2.30. The van der Waals surface area contributed by atoms with Crippen LogP contribution in [-0.4, -0.2) is 28.0 Å². The quantitative estimate of drug-likeness (QED) is 0.657. The van der Waals surface area contributed by atoms with E-state index in [2.05, 4.69) is 32.8 Å². The van der Waals surface area contributed by atoms with Gasteiger partial charge in [0.15, 0.2) is 0 Å². The summed E-state index contributed by atoms with van der Waals surface area (Å²) in [5, 5.41) is 6.30. The number of hydrogen-bond acceptors (Lipinski definition) is 3. The van der Waals surface area contributed by atoms with E-state index in [1.165, 1.54) is 0 Å². The minimum atomic E-state index is 0.224. The Balaban J connectivity index is 2.59. The fourth-order valence-corrected chi connectivity index (χ4v) is 1.69. The molecule has 1 aliphatic heterocycles. The summed E-state index contributed by atoms with van der Waals surface area (Å²) in [6.07, 6.45) is 2.96. The smallest absolute Gasteiger partial charge is 0.135 e. The third-order valence-corrected chi connectivity index (χ3v) is 2.41. The molecule has 0 aliphatic carbocycles. The van der Waals surface area contributed by atoms with Crippen LogP contribution in [0.2, 0.25) is 0 Å². The average molecular weight is 204 g/mol. The monoisotopic (exact) mass is 203 g/mol. The molecule has 1 rings (SSSR count). The lowest BCUT2D eigenvalue weighted by Crippen LogP contribution is -2.39. The topological polar surface area (TPSA) is 18.8 Å². The van der Waals surface area contributed by atoms with Gasteiger partial charge in [-0.05, 0) is 26.2 Å². The first-order valence-electron chi connectivity index (χ1n) is 4.79. The van der Waals surface area contributed by atoms with Crippen molar-refractivity contribution in [3.8, 4) is 0 Å². The fourth-order valence-electron chi connectivity index (χ4n) is 1.48. The minimum Gasteiger partial charge on any atom is -0.269 e. The lowest BCUT2D eigenvalue weighted by atomic mass is 10.1. The van der Waals surface area contributed by atoms with E-state index in [-0.39, 0.29) is 6.17 Å². The highest BCUT2D eigenvalue weighted by Gasteiger charge is 2.29. The summed E-state index contributed by atoms with van der Waals surface area (Å²) < 4.78 is 1.67. The molecule has 0 spiro atoms. The van der Waals surface area contributed by atoms with Crippen molar-refractivity contribution in [3.63, 3.8) is 0 Å². The van der Waals surface area contributed by atoms with Crippen LogP contribution in [-0.2, 0) is 0 Å². The van der Waals surface area contributed by atoms with Crippen molar-refractivity contribution in [2.45, 2.75) is 46.3 Å². The predicted octanol–water partition coefficient (Wildman–Crippen LogP) is 2.48. The van der Waals surface area contributed by atoms with Crippen molar-refractivity contribution >= 4 is 18.1 Å². The van der Waals surface area contributed by atoms with Gasteiger partial charge in [-0.3, -0.25) is 5.01 Å². The van der Waals surface area contributed by atoms with E-state index in [1.807, 2.05) is 5.01 Å². The second-order valence-electron chi connectivity index (χ2n) is 4.16. The molecule has 1 atom stereocenters. The zero-order chi connectivity index (χ0) is 10.0. The SMILES string of the molecule is CC(C)CC1N(Cl)C=NN1C(C)C. The lowest BCUT2D eigenvalue weighted by molar-refractivity contribution is 0.117. The molecule has 0 N–H and O–H groups in total. The Morgan fingerprint density at radius 2 is 2.00 bits per heavy atom.